The molecule has 0 unspecified atom stereocenters. The quantitative estimate of drug-likeness (QED) is 0.612. The molecule has 1 aromatic carbocycles. The second-order valence-electron chi connectivity index (χ2n) is 4.80. The van der Waals surface area contributed by atoms with Crippen LogP contribution in [0.3, 0.4) is 0 Å². The summed E-state index contributed by atoms with van der Waals surface area (Å²) in [4.78, 5) is 14.5. The van der Waals surface area contributed by atoms with Crippen molar-refractivity contribution in [2.24, 2.45) is 0 Å². The van der Waals surface area contributed by atoms with Crippen molar-refractivity contribution < 1.29 is 14.6 Å². The Hall–Kier alpha value is -1.37. The fraction of sp³-hybridized carbons (Fsp3) is 0.375. The molecule has 2 rings (SSSR count). The SMILES string of the molecule is CCCOc1ccccc1/C=C1\SC(=S)N(CCCO)C1=O. The lowest BCUT2D eigenvalue weighted by Crippen LogP contribution is -2.29. The van der Waals surface area contributed by atoms with Crippen LogP contribution in [-0.4, -0.2) is 40.0 Å². The lowest BCUT2D eigenvalue weighted by atomic mass is 10.2. The van der Waals surface area contributed by atoms with Crippen molar-refractivity contribution in [3.05, 3.63) is 34.7 Å². The Labute approximate surface area is 140 Å². The molecular weight excluding hydrogens is 318 g/mol. The van der Waals surface area contributed by atoms with Gasteiger partial charge in [0.05, 0.1) is 11.5 Å². The molecule has 4 nitrogen and oxygen atoms in total. The van der Waals surface area contributed by atoms with Gasteiger partial charge in [-0.15, -0.1) is 0 Å². The first kappa shape index (κ1) is 17.0. The van der Waals surface area contributed by atoms with E-state index < -0.39 is 0 Å². The van der Waals surface area contributed by atoms with Crippen molar-refractivity contribution in [3.63, 3.8) is 0 Å². The minimum absolute atomic E-state index is 0.0454. The molecule has 0 atom stereocenters. The molecule has 1 aliphatic heterocycles. The highest BCUT2D eigenvalue weighted by Gasteiger charge is 2.31. The van der Waals surface area contributed by atoms with Gasteiger partial charge in [0.1, 0.15) is 10.1 Å². The molecule has 1 saturated heterocycles. The van der Waals surface area contributed by atoms with Gasteiger partial charge in [0.25, 0.3) is 5.91 Å². The van der Waals surface area contributed by atoms with Crippen LogP contribution >= 0.6 is 24.0 Å². The zero-order valence-electron chi connectivity index (χ0n) is 12.4. The van der Waals surface area contributed by atoms with Gasteiger partial charge in [0.15, 0.2) is 0 Å². The van der Waals surface area contributed by atoms with E-state index in [1.807, 2.05) is 30.3 Å². The smallest absolute Gasteiger partial charge is 0.266 e. The lowest BCUT2D eigenvalue weighted by Gasteiger charge is -2.12. The molecule has 22 heavy (non-hydrogen) atoms. The van der Waals surface area contributed by atoms with Crippen molar-refractivity contribution >= 4 is 40.3 Å². The molecule has 6 heteroatoms. The molecule has 0 spiro atoms. The highest BCUT2D eigenvalue weighted by Crippen LogP contribution is 2.34. The third-order valence-corrected chi connectivity index (χ3v) is 4.46. The number of thiocarbonyl (C=S) groups is 1. The number of para-hydroxylation sites is 1. The van der Waals surface area contributed by atoms with Gasteiger partial charge in [-0.3, -0.25) is 9.69 Å². The molecule has 1 heterocycles. The highest BCUT2D eigenvalue weighted by atomic mass is 32.2. The highest BCUT2D eigenvalue weighted by molar-refractivity contribution is 8.26. The summed E-state index contributed by atoms with van der Waals surface area (Å²) in [6.07, 6.45) is 3.27. The number of hydrogen-bond donors (Lipinski definition) is 1. The average Bonchev–Trinajstić information content (AvgIpc) is 2.78. The molecular formula is C16H19NO3S2. The van der Waals surface area contributed by atoms with Crippen LogP contribution in [-0.2, 0) is 4.79 Å². The molecule has 0 radical (unpaired) electrons. The zero-order valence-corrected chi connectivity index (χ0v) is 14.1. The van der Waals surface area contributed by atoms with Gasteiger partial charge in [0, 0.05) is 18.7 Å². The number of carbonyl (C=O) groups is 1. The first-order valence-corrected chi connectivity index (χ1v) is 8.48. The molecule has 0 bridgehead atoms. The first-order chi connectivity index (χ1) is 10.7. The third kappa shape index (κ3) is 4.09. The maximum atomic E-state index is 12.4. The monoisotopic (exact) mass is 337 g/mol. The van der Waals surface area contributed by atoms with Crippen LogP contribution in [0.1, 0.15) is 25.3 Å². The molecule has 1 fully saturated rings. The van der Waals surface area contributed by atoms with Gasteiger partial charge in [-0.2, -0.15) is 0 Å². The molecule has 0 saturated carbocycles. The number of aliphatic hydroxyl groups excluding tert-OH is 1. The van der Waals surface area contributed by atoms with Crippen molar-refractivity contribution in [1.29, 1.82) is 0 Å². The Kier molecular flexibility index (Phi) is 6.42. The van der Waals surface area contributed by atoms with E-state index in [1.165, 1.54) is 16.7 Å². The predicted octanol–water partition coefficient (Wildman–Crippen LogP) is 3.06. The minimum Gasteiger partial charge on any atom is -0.493 e. The van der Waals surface area contributed by atoms with E-state index in [-0.39, 0.29) is 12.5 Å². The van der Waals surface area contributed by atoms with Crippen molar-refractivity contribution in [2.45, 2.75) is 19.8 Å². The summed E-state index contributed by atoms with van der Waals surface area (Å²) < 4.78 is 6.24. The number of carbonyl (C=O) groups excluding carboxylic acids is 1. The van der Waals surface area contributed by atoms with Crippen LogP contribution in [0.25, 0.3) is 6.08 Å². The number of thioether (sulfide) groups is 1. The molecule has 1 N–H and O–H groups in total. The van der Waals surface area contributed by atoms with Crippen LogP contribution in [0.5, 0.6) is 5.75 Å². The average molecular weight is 337 g/mol. The van der Waals surface area contributed by atoms with Crippen LogP contribution in [0.2, 0.25) is 0 Å². The fourth-order valence-corrected chi connectivity index (χ4v) is 3.31. The van der Waals surface area contributed by atoms with Gasteiger partial charge in [-0.25, -0.2) is 0 Å². The summed E-state index contributed by atoms with van der Waals surface area (Å²) in [7, 11) is 0. The van der Waals surface area contributed by atoms with Crippen LogP contribution in [0.15, 0.2) is 29.2 Å². The van der Waals surface area contributed by atoms with Crippen LogP contribution in [0.4, 0.5) is 0 Å². The zero-order chi connectivity index (χ0) is 15.9. The van der Waals surface area contributed by atoms with Crippen LogP contribution < -0.4 is 4.74 Å². The summed E-state index contributed by atoms with van der Waals surface area (Å²) in [5.41, 5.74) is 0.874. The van der Waals surface area contributed by atoms with E-state index >= 15 is 0 Å². The summed E-state index contributed by atoms with van der Waals surface area (Å²) in [6, 6.07) is 7.64. The Morgan fingerprint density at radius 1 is 1.41 bits per heavy atom. The fourth-order valence-electron chi connectivity index (χ4n) is 2.01. The Morgan fingerprint density at radius 2 is 2.18 bits per heavy atom. The molecule has 1 amide bonds. The first-order valence-electron chi connectivity index (χ1n) is 7.25. The summed E-state index contributed by atoms with van der Waals surface area (Å²) in [5.74, 6) is 0.665. The topological polar surface area (TPSA) is 49.8 Å². The van der Waals surface area contributed by atoms with Gasteiger partial charge in [-0.1, -0.05) is 49.1 Å². The molecule has 118 valence electrons. The van der Waals surface area contributed by atoms with Gasteiger partial charge in [-0.05, 0) is 25.0 Å². The van der Waals surface area contributed by atoms with E-state index in [1.54, 1.807) is 0 Å². The molecule has 1 aromatic rings. The van der Waals surface area contributed by atoms with E-state index in [0.29, 0.717) is 28.8 Å². The Morgan fingerprint density at radius 3 is 2.91 bits per heavy atom. The number of ether oxygens (including phenoxy) is 1. The van der Waals surface area contributed by atoms with Crippen molar-refractivity contribution in [2.75, 3.05) is 19.8 Å². The third-order valence-electron chi connectivity index (χ3n) is 3.08. The molecule has 0 aliphatic carbocycles. The standard InChI is InChI=1S/C16H19NO3S2/c1-2-10-20-13-7-4-3-6-12(13)11-14-15(19)17(8-5-9-18)16(21)22-14/h3-4,6-7,11,18H,2,5,8-10H2,1H3/b14-11-. The summed E-state index contributed by atoms with van der Waals surface area (Å²) in [5, 5.41) is 8.90. The second-order valence-corrected chi connectivity index (χ2v) is 6.47. The normalized spacial score (nSPS) is 16.6. The number of nitrogens with zero attached hydrogens (tertiary/aromatic N) is 1. The lowest BCUT2D eigenvalue weighted by molar-refractivity contribution is -0.122. The van der Waals surface area contributed by atoms with Gasteiger partial charge in [0.2, 0.25) is 0 Å². The maximum absolute atomic E-state index is 12.4. The predicted molar refractivity (Wildman–Crippen MR) is 93.8 cm³/mol. The van der Waals surface area contributed by atoms with E-state index in [2.05, 4.69) is 6.92 Å². The molecule has 1 aliphatic rings. The maximum Gasteiger partial charge on any atom is 0.266 e. The van der Waals surface area contributed by atoms with Gasteiger partial charge >= 0.3 is 0 Å². The summed E-state index contributed by atoms with van der Waals surface area (Å²) >= 11 is 6.53. The number of amides is 1. The molecule has 0 aromatic heterocycles. The number of aliphatic hydroxyl groups is 1. The number of hydrogen-bond acceptors (Lipinski definition) is 5. The van der Waals surface area contributed by atoms with Crippen molar-refractivity contribution in [1.82, 2.24) is 4.90 Å². The summed E-state index contributed by atoms with van der Waals surface area (Å²) in [6.45, 7) is 3.19. The minimum atomic E-state index is -0.103. The van der Waals surface area contributed by atoms with Gasteiger partial charge < -0.3 is 9.84 Å². The Bertz CT molecular complexity index is 587. The largest absolute Gasteiger partial charge is 0.493 e. The van der Waals surface area contributed by atoms with E-state index in [9.17, 15) is 4.79 Å². The Balaban J connectivity index is 2.19. The van der Waals surface area contributed by atoms with Crippen LogP contribution in [0, 0.1) is 0 Å². The van der Waals surface area contributed by atoms with E-state index in [4.69, 9.17) is 22.1 Å². The van der Waals surface area contributed by atoms with Crippen molar-refractivity contribution in [3.8, 4) is 5.75 Å². The number of benzene rings is 1. The number of rotatable bonds is 7. The second kappa shape index (κ2) is 8.31. The van der Waals surface area contributed by atoms with E-state index in [0.717, 1.165) is 17.7 Å².